The predicted molar refractivity (Wildman–Crippen MR) is 68.8 cm³/mol. The van der Waals surface area contributed by atoms with Crippen molar-refractivity contribution >= 4 is 34.1 Å². The molecule has 1 aromatic rings. The smallest absolute Gasteiger partial charge is 0.153 e. The average Bonchev–Trinajstić information content (AvgIpc) is 2.51. The summed E-state index contributed by atoms with van der Waals surface area (Å²) in [6.45, 7) is 1.06. The van der Waals surface area contributed by atoms with E-state index >= 15 is 0 Å². The van der Waals surface area contributed by atoms with Gasteiger partial charge in [-0.05, 0) is 30.1 Å². The van der Waals surface area contributed by atoms with Gasteiger partial charge in [-0.25, -0.2) is 0 Å². The number of nitrogens with zero attached hydrogens (tertiary/aromatic N) is 1. The first-order chi connectivity index (χ1) is 7.31. The van der Waals surface area contributed by atoms with Crippen molar-refractivity contribution in [1.29, 1.82) is 0 Å². The van der Waals surface area contributed by atoms with E-state index in [1.807, 2.05) is 6.26 Å². The maximum atomic E-state index is 5.76. The van der Waals surface area contributed by atoms with Gasteiger partial charge in [-0.2, -0.15) is 4.37 Å². The van der Waals surface area contributed by atoms with Crippen molar-refractivity contribution < 1.29 is 0 Å². The number of anilines is 2. The summed E-state index contributed by atoms with van der Waals surface area (Å²) >= 11 is 3.14. The summed E-state index contributed by atoms with van der Waals surface area (Å²) in [7, 11) is 0. The van der Waals surface area contributed by atoms with E-state index in [2.05, 4.69) is 9.69 Å². The quantitative estimate of drug-likeness (QED) is 0.780. The third-order valence-electron chi connectivity index (χ3n) is 2.94. The molecular formula is C10H17N3S2. The average molecular weight is 243 g/mol. The van der Waals surface area contributed by atoms with Gasteiger partial charge in [0, 0.05) is 6.54 Å². The van der Waals surface area contributed by atoms with Gasteiger partial charge >= 0.3 is 0 Å². The number of hydrogen-bond donors (Lipinski definition) is 2. The van der Waals surface area contributed by atoms with E-state index in [1.54, 1.807) is 11.8 Å². The van der Waals surface area contributed by atoms with Crippen LogP contribution in [0.15, 0.2) is 4.90 Å². The molecule has 15 heavy (non-hydrogen) atoms. The minimum atomic E-state index is 0.665. The monoisotopic (exact) mass is 243 g/mol. The minimum Gasteiger partial charge on any atom is -0.382 e. The van der Waals surface area contributed by atoms with Gasteiger partial charge in [0.1, 0.15) is 5.00 Å². The van der Waals surface area contributed by atoms with E-state index in [4.69, 9.17) is 5.73 Å². The van der Waals surface area contributed by atoms with Crippen LogP contribution in [0.5, 0.6) is 0 Å². The van der Waals surface area contributed by atoms with Gasteiger partial charge in [-0.15, -0.1) is 11.8 Å². The Morgan fingerprint density at radius 1 is 1.60 bits per heavy atom. The molecule has 0 unspecified atom stereocenters. The lowest BCUT2D eigenvalue weighted by Gasteiger charge is -2.25. The van der Waals surface area contributed by atoms with Crippen LogP contribution in [0.1, 0.15) is 25.7 Å². The van der Waals surface area contributed by atoms with Crippen molar-refractivity contribution in [3.63, 3.8) is 0 Å². The van der Waals surface area contributed by atoms with Gasteiger partial charge < -0.3 is 11.1 Å². The highest BCUT2D eigenvalue weighted by molar-refractivity contribution is 7.99. The molecule has 1 aromatic heterocycles. The van der Waals surface area contributed by atoms with Gasteiger partial charge in [-0.3, -0.25) is 0 Å². The zero-order chi connectivity index (χ0) is 10.7. The number of nitrogens with two attached hydrogens (primary N) is 1. The Balaban J connectivity index is 1.81. The first-order valence-corrected chi connectivity index (χ1v) is 7.34. The fraction of sp³-hybridized carbons (Fsp3) is 0.700. The molecule has 1 saturated carbocycles. The van der Waals surface area contributed by atoms with Crippen LogP contribution in [0.25, 0.3) is 0 Å². The molecule has 0 saturated heterocycles. The minimum absolute atomic E-state index is 0.665. The normalized spacial score (nSPS) is 16.3. The lowest BCUT2D eigenvalue weighted by Crippen LogP contribution is -2.15. The van der Waals surface area contributed by atoms with Gasteiger partial charge in [0.2, 0.25) is 0 Å². The molecule has 1 fully saturated rings. The third kappa shape index (κ3) is 2.58. The van der Waals surface area contributed by atoms with E-state index < -0.39 is 0 Å². The van der Waals surface area contributed by atoms with Gasteiger partial charge in [0.15, 0.2) is 5.82 Å². The number of aromatic nitrogens is 1. The van der Waals surface area contributed by atoms with E-state index in [1.165, 1.54) is 37.2 Å². The number of thioether (sulfide) groups is 1. The van der Waals surface area contributed by atoms with E-state index in [0.717, 1.165) is 22.4 Å². The Labute approximate surface area is 99.0 Å². The second-order valence-corrected chi connectivity index (χ2v) is 5.53. The first kappa shape index (κ1) is 11.1. The lowest BCUT2D eigenvalue weighted by molar-refractivity contribution is 0.303. The molecule has 2 rings (SSSR count). The van der Waals surface area contributed by atoms with Crippen molar-refractivity contribution in [2.24, 2.45) is 5.92 Å². The molecule has 84 valence electrons. The summed E-state index contributed by atoms with van der Waals surface area (Å²) in [6, 6.07) is 0. The number of nitrogen functional groups attached to an aromatic ring is 1. The number of hydrogen-bond acceptors (Lipinski definition) is 5. The van der Waals surface area contributed by atoms with E-state index in [9.17, 15) is 0 Å². The molecule has 0 aliphatic heterocycles. The maximum Gasteiger partial charge on any atom is 0.153 e. The summed E-state index contributed by atoms with van der Waals surface area (Å²) in [5.41, 5.74) is 5.76. The van der Waals surface area contributed by atoms with Crippen molar-refractivity contribution in [3.05, 3.63) is 0 Å². The maximum absolute atomic E-state index is 5.76. The standard InChI is InChI=1S/C10H17N3S2/c1-14-8-9(11)13-15-10(8)12-6-5-7-3-2-4-7/h7,12H,2-6H2,1H3,(H2,11,13). The van der Waals surface area contributed by atoms with Crippen LogP contribution in [0.3, 0.4) is 0 Å². The third-order valence-corrected chi connectivity index (χ3v) is 4.71. The Kier molecular flexibility index (Phi) is 3.75. The van der Waals surface area contributed by atoms with Gasteiger partial charge in [0.05, 0.1) is 4.90 Å². The highest BCUT2D eigenvalue weighted by Crippen LogP contribution is 2.35. The van der Waals surface area contributed by atoms with Crippen LogP contribution in [0.2, 0.25) is 0 Å². The van der Waals surface area contributed by atoms with Crippen LogP contribution in [-0.4, -0.2) is 17.2 Å². The molecule has 3 nitrogen and oxygen atoms in total. The highest BCUT2D eigenvalue weighted by Gasteiger charge is 2.17. The second-order valence-electron chi connectivity index (χ2n) is 3.94. The summed E-state index contributed by atoms with van der Waals surface area (Å²) in [5.74, 6) is 1.62. The van der Waals surface area contributed by atoms with Crippen LogP contribution >= 0.6 is 23.3 Å². The highest BCUT2D eigenvalue weighted by atomic mass is 32.2. The number of nitrogens with one attached hydrogen (secondary N) is 1. The Morgan fingerprint density at radius 2 is 2.40 bits per heavy atom. The SMILES string of the molecule is CSc1c(N)nsc1NCCC1CCC1. The molecule has 1 heterocycles. The summed E-state index contributed by atoms with van der Waals surface area (Å²) < 4.78 is 4.16. The van der Waals surface area contributed by atoms with E-state index in [0.29, 0.717) is 5.82 Å². The molecule has 0 aromatic carbocycles. The molecule has 0 spiro atoms. The largest absolute Gasteiger partial charge is 0.382 e. The Bertz CT molecular complexity index is 320. The molecule has 0 atom stereocenters. The van der Waals surface area contributed by atoms with Gasteiger partial charge in [0.25, 0.3) is 0 Å². The Hall–Kier alpha value is -0.420. The molecule has 3 N–H and O–H groups in total. The summed E-state index contributed by atoms with van der Waals surface area (Å²) in [6.07, 6.45) is 7.58. The van der Waals surface area contributed by atoms with Crippen LogP contribution in [0, 0.1) is 5.92 Å². The van der Waals surface area contributed by atoms with Crippen LogP contribution < -0.4 is 11.1 Å². The molecule has 1 aliphatic rings. The first-order valence-electron chi connectivity index (χ1n) is 5.34. The van der Waals surface area contributed by atoms with Crippen molar-refractivity contribution in [2.45, 2.75) is 30.6 Å². The zero-order valence-corrected chi connectivity index (χ0v) is 10.6. The van der Waals surface area contributed by atoms with Crippen molar-refractivity contribution in [1.82, 2.24) is 4.37 Å². The molecule has 0 bridgehead atoms. The Morgan fingerprint density at radius 3 is 3.00 bits per heavy atom. The van der Waals surface area contributed by atoms with Crippen LogP contribution in [0.4, 0.5) is 10.8 Å². The fourth-order valence-electron chi connectivity index (χ4n) is 1.78. The molecular weight excluding hydrogens is 226 g/mol. The second kappa shape index (κ2) is 5.07. The van der Waals surface area contributed by atoms with Gasteiger partial charge in [-0.1, -0.05) is 19.3 Å². The molecule has 5 heteroatoms. The molecule has 0 amide bonds. The van der Waals surface area contributed by atoms with Crippen molar-refractivity contribution in [2.75, 3.05) is 23.9 Å². The topological polar surface area (TPSA) is 50.9 Å². The summed E-state index contributed by atoms with van der Waals surface area (Å²) in [4.78, 5) is 1.11. The summed E-state index contributed by atoms with van der Waals surface area (Å²) in [5, 5.41) is 4.58. The molecule has 0 radical (unpaired) electrons. The fourth-order valence-corrected chi connectivity index (χ4v) is 3.34. The van der Waals surface area contributed by atoms with E-state index in [-0.39, 0.29) is 0 Å². The predicted octanol–water partition coefficient (Wildman–Crippen LogP) is 3.05. The van der Waals surface area contributed by atoms with Crippen LogP contribution in [-0.2, 0) is 0 Å². The lowest BCUT2D eigenvalue weighted by atomic mass is 9.83. The van der Waals surface area contributed by atoms with Crippen molar-refractivity contribution in [3.8, 4) is 0 Å². The zero-order valence-electron chi connectivity index (χ0n) is 8.95. The number of rotatable bonds is 5. The molecule has 1 aliphatic carbocycles.